The molecule has 1 fully saturated rings. The van der Waals surface area contributed by atoms with Crippen LogP contribution in [0.1, 0.15) is 28.7 Å². The Kier molecular flexibility index (Phi) is 4.99. The van der Waals surface area contributed by atoms with Crippen LogP contribution in [0.25, 0.3) is 0 Å². The lowest BCUT2D eigenvalue weighted by Crippen LogP contribution is -2.42. The first-order valence-corrected chi connectivity index (χ1v) is 9.50. The lowest BCUT2D eigenvalue weighted by atomic mass is 9.92. The van der Waals surface area contributed by atoms with Crippen LogP contribution in [0.3, 0.4) is 0 Å². The highest BCUT2D eigenvalue weighted by Gasteiger charge is 2.38. The first-order valence-electron chi connectivity index (χ1n) is 9.50. The molecule has 4 rings (SSSR count). The SMILES string of the molecule is Cc1nc2c(c(N(C)C)n1)CCN(C(=O)C1CNNC1c1cccc(F)c1)C2. The van der Waals surface area contributed by atoms with Gasteiger partial charge in [-0.25, -0.2) is 19.8 Å². The Balaban J connectivity index is 1.56. The van der Waals surface area contributed by atoms with E-state index in [2.05, 4.69) is 20.8 Å². The second kappa shape index (κ2) is 7.44. The van der Waals surface area contributed by atoms with Crippen LogP contribution >= 0.6 is 0 Å². The molecule has 0 aliphatic carbocycles. The number of amides is 1. The number of carbonyl (C=O) groups is 1. The van der Waals surface area contributed by atoms with Gasteiger partial charge in [-0.05, 0) is 31.0 Å². The van der Waals surface area contributed by atoms with Gasteiger partial charge in [0.1, 0.15) is 17.5 Å². The van der Waals surface area contributed by atoms with Gasteiger partial charge in [-0.1, -0.05) is 12.1 Å². The van der Waals surface area contributed by atoms with Crippen LogP contribution in [0.2, 0.25) is 0 Å². The van der Waals surface area contributed by atoms with Gasteiger partial charge in [-0.15, -0.1) is 0 Å². The predicted octanol–water partition coefficient (Wildman–Crippen LogP) is 1.34. The molecule has 2 N–H and O–H groups in total. The zero-order valence-corrected chi connectivity index (χ0v) is 16.4. The molecule has 3 heterocycles. The van der Waals surface area contributed by atoms with Gasteiger partial charge in [0.05, 0.1) is 24.2 Å². The summed E-state index contributed by atoms with van der Waals surface area (Å²) in [5.41, 5.74) is 8.99. The van der Waals surface area contributed by atoms with Gasteiger partial charge < -0.3 is 9.80 Å². The molecule has 0 saturated carbocycles. The topological polar surface area (TPSA) is 73.4 Å². The third-order valence-electron chi connectivity index (χ3n) is 5.40. The molecule has 7 nitrogen and oxygen atoms in total. The lowest BCUT2D eigenvalue weighted by molar-refractivity contribution is -0.136. The van der Waals surface area contributed by atoms with Crippen molar-refractivity contribution in [2.45, 2.75) is 25.9 Å². The Labute approximate surface area is 163 Å². The zero-order chi connectivity index (χ0) is 19.8. The van der Waals surface area contributed by atoms with Gasteiger partial charge >= 0.3 is 0 Å². The summed E-state index contributed by atoms with van der Waals surface area (Å²) in [5, 5.41) is 0. The van der Waals surface area contributed by atoms with E-state index in [0.717, 1.165) is 29.1 Å². The van der Waals surface area contributed by atoms with Crippen molar-refractivity contribution in [1.29, 1.82) is 0 Å². The normalized spacial score (nSPS) is 21.5. The monoisotopic (exact) mass is 384 g/mol. The summed E-state index contributed by atoms with van der Waals surface area (Å²) in [6, 6.07) is 6.16. The number of nitrogens with one attached hydrogen (secondary N) is 2. The van der Waals surface area contributed by atoms with Crippen molar-refractivity contribution >= 4 is 11.7 Å². The molecule has 1 aromatic heterocycles. The van der Waals surface area contributed by atoms with E-state index in [1.54, 1.807) is 6.07 Å². The third kappa shape index (κ3) is 3.45. The lowest BCUT2D eigenvalue weighted by Gasteiger charge is -2.33. The maximum absolute atomic E-state index is 13.6. The molecule has 1 saturated heterocycles. The van der Waals surface area contributed by atoms with E-state index in [-0.39, 0.29) is 23.7 Å². The van der Waals surface area contributed by atoms with E-state index in [9.17, 15) is 9.18 Å². The second-order valence-corrected chi connectivity index (χ2v) is 7.59. The first kappa shape index (κ1) is 18.8. The molecular weight excluding hydrogens is 359 g/mol. The molecule has 0 bridgehead atoms. The highest BCUT2D eigenvalue weighted by molar-refractivity contribution is 5.81. The highest BCUT2D eigenvalue weighted by Crippen LogP contribution is 2.30. The number of carbonyl (C=O) groups excluding carboxylic acids is 1. The predicted molar refractivity (Wildman–Crippen MR) is 104 cm³/mol. The molecule has 2 aliphatic rings. The number of benzene rings is 1. The summed E-state index contributed by atoms with van der Waals surface area (Å²) in [5.74, 6) is 1.10. The largest absolute Gasteiger partial charge is 0.362 e. The van der Waals surface area contributed by atoms with Crippen molar-refractivity contribution in [1.82, 2.24) is 25.7 Å². The van der Waals surface area contributed by atoms with Crippen LogP contribution in [-0.2, 0) is 17.8 Å². The average Bonchev–Trinajstić information content (AvgIpc) is 3.16. The fourth-order valence-corrected chi connectivity index (χ4v) is 4.07. The Morgan fingerprint density at radius 2 is 2.14 bits per heavy atom. The van der Waals surface area contributed by atoms with Crippen LogP contribution in [-0.4, -0.2) is 48.0 Å². The molecule has 2 aliphatic heterocycles. The van der Waals surface area contributed by atoms with Gasteiger partial charge in [-0.2, -0.15) is 0 Å². The molecule has 0 spiro atoms. The molecule has 8 heteroatoms. The maximum Gasteiger partial charge on any atom is 0.229 e. The second-order valence-electron chi connectivity index (χ2n) is 7.59. The summed E-state index contributed by atoms with van der Waals surface area (Å²) in [4.78, 5) is 26.3. The van der Waals surface area contributed by atoms with E-state index in [1.165, 1.54) is 12.1 Å². The fraction of sp³-hybridized carbons (Fsp3) is 0.450. The first-order chi connectivity index (χ1) is 13.4. The van der Waals surface area contributed by atoms with Crippen LogP contribution in [0, 0.1) is 18.7 Å². The minimum atomic E-state index is -0.298. The van der Waals surface area contributed by atoms with Crippen molar-refractivity contribution in [2.75, 3.05) is 32.1 Å². The number of aromatic nitrogens is 2. The highest BCUT2D eigenvalue weighted by atomic mass is 19.1. The molecule has 2 aromatic rings. The van der Waals surface area contributed by atoms with Crippen LogP contribution in [0.4, 0.5) is 10.2 Å². The van der Waals surface area contributed by atoms with E-state index < -0.39 is 0 Å². The Hall–Kier alpha value is -2.58. The number of hydrazine groups is 1. The van der Waals surface area contributed by atoms with Gasteiger partial charge in [0, 0.05) is 32.7 Å². The van der Waals surface area contributed by atoms with Crippen molar-refractivity contribution < 1.29 is 9.18 Å². The van der Waals surface area contributed by atoms with Gasteiger partial charge in [0.25, 0.3) is 0 Å². The summed E-state index contributed by atoms with van der Waals surface area (Å²) in [6.07, 6.45) is 0.729. The quantitative estimate of drug-likeness (QED) is 0.832. The smallest absolute Gasteiger partial charge is 0.229 e. The molecule has 1 amide bonds. The van der Waals surface area contributed by atoms with E-state index in [0.29, 0.717) is 25.5 Å². The molecule has 2 unspecified atom stereocenters. The van der Waals surface area contributed by atoms with Crippen LogP contribution in [0.15, 0.2) is 24.3 Å². The van der Waals surface area contributed by atoms with Crippen LogP contribution in [0.5, 0.6) is 0 Å². The number of aryl methyl sites for hydroxylation is 1. The van der Waals surface area contributed by atoms with E-state index in [4.69, 9.17) is 0 Å². The van der Waals surface area contributed by atoms with Gasteiger partial charge in [0.2, 0.25) is 5.91 Å². The van der Waals surface area contributed by atoms with Crippen LogP contribution < -0.4 is 15.8 Å². The van der Waals surface area contributed by atoms with Crippen molar-refractivity contribution in [3.63, 3.8) is 0 Å². The summed E-state index contributed by atoms with van der Waals surface area (Å²) < 4.78 is 13.6. The number of halogens is 1. The molecule has 28 heavy (non-hydrogen) atoms. The standard InChI is InChI=1S/C20H25FN6O/c1-12-23-17-11-27(8-7-15(17)19(24-12)26(2)3)20(28)16-10-22-25-18(16)13-5-4-6-14(21)9-13/h4-6,9,16,18,22,25H,7-8,10-11H2,1-3H3. The molecule has 2 atom stereocenters. The Bertz CT molecular complexity index is 902. The fourth-order valence-electron chi connectivity index (χ4n) is 4.07. The molecular formula is C20H25FN6O. The molecule has 1 aromatic carbocycles. The average molecular weight is 384 g/mol. The number of hydrogen-bond acceptors (Lipinski definition) is 6. The van der Waals surface area contributed by atoms with Gasteiger partial charge in [0.15, 0.2) is 0 Å². The summed E-state index contributed by atoms with van der Waals surface area (Å²) in [6.45, 7) is 3.49. The van der Waals surface area contributed by atoms with Crippen molar-refractivity contribution in [2.24, 2.45) is 5.92 Å². The third-order valence-corrected chi connectivity index (χ3v) is 5.40. The summed E-state index contributed by atoms with van der Waals surface area (Å²) >= 11 is 0. The zero-order valence-electron chi connectivity index (χ0n) is 16.4. The van der Waals surface area contributed by atoms with Gasteiger partial charge in [-0.3, -0.25) is 10.2 Å². The molecule has 0 radical (unpaired) electrons. The Morgan fingerprint density at radius 1 is 1.32 bits per heavy atom. The van der Waals surface area contributed by atoms with Crippen molar-refractivity contribution in [3.8, 4) is 0 Å². The number of anilines is 1. The summed E-state index contributed by atoms with van der Waals surface area (Å²) in [7, 11) is 3.94. The number of rotatable bonds is 3. The number of fused-ring (bicyclic) bond motifs is 1. The van der Waals surface area contributed by atoms with E-state index in [1.807, 2.05) is 36.9 Å². The number of hydrogen-bond donors (Lipinski definition) is 2. The number of nitrogens with zero attached hydrogens (tertiary/aromatic N) is 4. The molecule has 148 valence electrons. The Morgan fingerprint density at radius 3 is 2.89 bits per heavy atom. The maximum atomic E-state index is 13.6. The van der Waals surface area contributed by atoms with E-state index >= 15 is 0 Å². The minimum absolute atomic E-state index is 0.0556. The van der Waals surface area contributed by atoms with Crippen molar-refractivity contribution in [3.05, 3.63) is 52.7 Å². The minimum Gasteiger partial charge on any atom is -0.362 e.